The molecule has 0 aliphatic heterocycles. The van der Waals surface area contributed by atoms with Gasteiger partial charge in [-0.05, 0) is 48.2 Å². The van der Waals surface area contributed by atoms with E-state index in [4.69, 9.17) is 22.2 Å². The molecule has 2 aromatic carbocycles. The predicted molar refractivity (Wildman–Crippen MR) is 102 cm³/mol. The summed E-state index contributed by atoms with van der Waals surface area (Å²) in [6.07, 6.45) is 0. The molecular formula is C19H22ClN3O2. The van der Waals surface area contributed by atoms with Crippen LogP contribution >= 0.6 is 11.6 Å². The van der Waals surface area contributed by atoms with Gasteiger partial charge in [-0.2, -0.15) is 0 Å². The molecule has 0 heterocycles. The van der Waals surface area contributed by atoms with E-state index in [1.807, 2.05) is 25.1 Å². The predicted octanol–water partition coefficient (Wildman–Crippen LogP) is 4.05. The van der Waals surface area contributed by atoms with Gasteiger partial charge in [-0.3, -0.25) is 4.79 Å². The number of amidine groups is 1. The topological polar surface area (TPSA) is 76.7 Å². The number of amides is 1. The Morgan fingerprint density at radius 2 is 1.92 bits per heavy atom. The number of anilines is 1. The average Bonchev–Trinajstić information content (AvgIpc) is 2.57. The van der Waals surface area contributed by atoms with E-state index < -0.39 is 0 Å². The van der Waals surface area contributed by atoms with Gasteiger partial charge in [-0.25, -0.2) is 0 Å². The molecule has 0 saturated carbocycles. The van der Waals surface area contributed by atoms with Crippen LogP contribution in [0.5, 0.6) is 0 Å². The molecule has 0 bridgehead atoms. The molecule has 6 heteroatoms. The van der Waals surface area contributed by atoms with Gasteiger partial charge in [-0.1, -0.05) is 48.8 Å². The summed E-state index contributed by atoms with van der Waals surface area (Å²) in [7, 11) is 0. The molecule has 132 valence electrons. The van der Waals surface area contributed by atoms with Gasteiger partial charge in [0.05, 0.1) is 0 Å². The van der Waals surface area contributed by atoms with Gasteiger partial charge in [0, 0.05) is 16.3 Å². The van der Waals surface area contributed by atoms with E-state index in [-0.39, 0.29) is 18.3 Å². The van der Waals surface area contributed by atoms with Crippen LogP contribution in [0.4, 0.5) is 5.69 Å². The fourth-order valence-corrected chi connectivity index (χ4v) is 2.48. The highest BCUT2D eigenvalue weighted by molar-refractivity contribution is 6.30. The zero-order chi connectivity index (χ0) is 18.4. The molecule has 1 amide bonds. The number of nitrogens with one attached hydrogen (secondary N) is 1. The Morgan fingerprint density at radius 3 is 2.56 bits per heavy atom. The fraction of sp³-hybridized carbons (Fsp3) is 0.263. The van der Waals surface area contributed by atoms with Crippen molar-refractivity contribution in [2.24, 2.45) is 10.9 Å². The molecule has 25 heavy (non-hydrogen) atoms. The lowest BCUT2D eigenvalue weighted by atomic mass is 9.98. The van der Waals surface area contributed by atoms with Crippen LogP contribution < -0.4 is 11.1 Å². The number of rotatable bonds is 6. The maximum atomic E-state index is 12.1. The molecule has 0 fully saturated rings. The van der Waals surface area contributed by atoms with Crippen molar-refractivity contribution in [2.75, 3.05) is 11.9 Å². The van der Waals surface area contributed by atoms with Crippen LogP contribution in [0.15, 0.2) is 47.6 Å². The van der Waals surface area contributed by atoms with Crippen molar-refractivity contribution in [1.29, 1.82) is 0 Å². The maximum absolute atomic E-state index is 12.1. The summed E-state index contributed by atoms with van der Waals surface area (Å²) in [5.41, 5.74) is 9.40. The van der Waals surface area contributed by atoms with E-state index in [0.717, 1.165) is 16.8 Å². The van der Waals surface area contributed by atoms with Gasteiger partial charge in [-0.15, -0.1) is 0 Å². The molecule has 0 aromatic heterocycles. The summed E-state index contributed by atoms with van der Waals surface area (Å²) < 4.78 is 0. The third kappa shape index (κ3) is 5.22. The highest BCUT2D eigenvalue weighted by Crippen LogP contribution is 2.27. The lowest BCUT2D eigenvalue weighted by Gasteiger charge is -2.16. The Balaban J connectivity index is 1.97. The summed E-state index contributed by atoms with van der Waals surface area (Å²) in [5.74, 6) is 0.196. The Morgan fingerprint density at radius 1 is 1.24 bits per heavy atom. The first-order chi connectivity index (χ1) is 11.9. The minimum absolute atomic E-state index is 0.184. The normalized spacial score (nSPS) is 11.5. The smallest absolute Gasteiger partial charge is 0.265 e. The van der Waals surface area contributed by atoms with Crippen molar-refractivity contribution in [1.82, 2.24) is 0 Å². The molecule has 0 saturated heterocycles. The molecule has 3 N–H and O–H groups in total. The van der Waals surface area contributed by atoms with Gasteiger partial charge >= 0.3 is 0 Å². The van der Waals surface area contributed by atoms with Crippen molar-refractivity contribution in [2.45, 2.75) is 26.7 Å². The van der Waals surface area contributed by atoms with E-state index in [1.54, 1.807) is 24.3 Å². The minimum Gasteiger partial charge on any atom is -0.384 e. The Labute approximate surface area is 152 Å². The van der Waals surface area contributed by atoms with Crippen molar-refractivity contribution < 1.29 is 9.63 Å². The highest BCUT2D eigenvalue weighted by atomic mass is 35.5. The zero-order valence-corrected chi connectivity index (χ0v) is 15.3. The number of para-hydroxylation sites is 1. The van der Waals surface area contributed by atoms with Gasteiger partial charge in [0.15, 0.2) is 12.4 Å². The summed E-state index contributed by atoms with van der Waals surface area (Å²) in [6, 6.07) is 12.8. The van der Waals surface area contributed by atoms with Crippen molar-refractivity contribution in [3.8, 4) is 0 Å². The standard InChI is InChI=1S/C19H22ClN3O2/c1-12(2)16-6-4-5-13(3)18(16)22-17(24)11-25-23-19(21)14-7-9-15(20)10-8-14/h4-10,12H,11H2,1-3H3,(H2,21,23)(H,22,24). The largest absolute Gasteiger partial charge is 0.384 e. The lowest BCUT2D eigenvalue weighted by molar-refractivity contribution is -0.120. The number of carbonyl (C=O) groups is 1. The second kappa shape index (κ2) is 8.53. The molecule has 2 rings (SSSR count). The van der Waals surface area contributed by atoms with E-state index in [9.17, 15) is 4.79 Å². The molecule has 0 radical (unpaired) electrons. The monoisotopic (exact) mass is 359 g/mol. The number of carbonyl (C=O) groups excluding carboxylic acids is 1. The SMILES string of the molecule is Cc1cccc(C(C)C)c1NC(=O)CO/N=C(\N)c1ccc(Cl)cc1. The molecule has 0 unspecified atom stereocenters. The Kier molecular flexibility index (Phi) is 6.42. The van der Waals surface area contributed by atoms with E-state index in [2.05, 4.69) is 24.3 Å². The summed E-state index contributed by atoms with van der Waals surface area (Å²) in [6.45, 7) is 5.90. The lowest BCUT2D eigenvalue weighted by Crippen LogP contribution is -2.20. The first kappa shape index (κ1) is 18.8. The number of oxime groups is 1. The van der Waals surface area contributed by atoms with E-state index in [0.29, 0.717) is 16.5 Å². The summed E-state index contributed by atoms with van der Waals surface area (Å²) >= 11 is 5.82. The number of halogens is 1. The summed E-state index contributed by atoms with van der Waals surface area (Å²) in [4.78, 5) is 17.2. The third-order valence-electron chi connectivity index (χ3n) is 3.69. The maximum Gasteiger partial charge on any atom is 0.265 e. The molecule has 0 atom stereocenters. The average molecular weight is 360 g/mol. The molecular weight excluding hydrogens is 338 g/mol. The van der Waals surface area contributed by atoms with Crippen LogP contribution in [0.2, 0.25) is 5.02 Å². The van der Waals surface area contributed by atoms with Crippen LogP contribution in [0.3, 0.4) is 0 Å². The second-order valence-electron chi connectivity index (χ2n) is 6.00. The number of hydrogen-bond acceptors (Lipinski definition) is 3. The number of nitrogens with two attached hydrogens (primary N) is 1. The number of hydrogen-bond donors (Lipinski definition) is 2. The van der Waals surface area contributed by atoms with E-state index in [1.165, 1.54) is 0 Å². The fourth-order valence-electron chi connectivity index (χ4n) is 2.35. The number of aryl methyl sites for hydroxylation is 1. The first-order valence-corrected chi connectivity index (χ1v) is 8.37. The minimum atomic E-state index is -0.288. The quantitative estimate of drug-likeness (QED) is 0.464. The zero-order valence-electron chi connectivity index (χ0n) is 14.5. The van der Waals surface area contributed by atoms with Gasteiger partial charge in [0.25, 0.3) is 5.91 Å². The van der Waals surface area contributed by atoms with Crippen molar-refractivity contribution in [3.05, 3.63) is 64.2 Å². The first-order valence-electron chi connectivity index (χ1n) is 7.99. The molecule has 0 spiro atoms. The number of benzene rings is 2. The van der Waals surface area contributed by atoms with Crippen molar-refractivity contribution in [3.63, 3.8) is 0 Å². The summed E-state index contributed by atoms with van der Waals surface area (Å²) in [5, 5.41) is 7.27. The molecule has 0 aliphatic carbocycles. The van der Waals surface area contributed by atoms with Crippen LogP contribution in [-0.4, -0.2) is 18.3 Å². The van der Waals surface area contributed by atoms with E-state index >= 15 is 0 Å². The van der Waals surface area contributed by atoms with Crippen LogP contribution in [0.1, 0.15) is 36.5 Å². The van der Waals surface area contributed by atoms with Gasteiger partial charge in [0.2, 0.25) is 0 Å². The van der Waals surface area contributed by atoms with Gasteiger partial charge < -0.3 is 15.9 Å². The highest BCUT2D eigenvalue weighted by Gasteiger charge is 2.12. The molecule has 5 nitrogen and oxygen atoms in total. The van der Waals surface area contributed by atoms with Gasteiger partial charge in [0.1, 0.15) is 0 Å². The van der Waals surface area contributed by atoms with Crippen LogP contribution in [-0.2, 0) is 9.63 Å². The molecule has 2 aromatic rings. The third-order valence-corrected chi connectivity index (χ3v) is 3.94. The molecule has 0 aliphatic rings. The second-order valence-corrected chi connectivity index (χ2v) is 6.44. The van der Waals surface area contributed by atoms with Crippen LogP contribution in [0, 0.1) is 6.92 Å². The van der Waals surface area contributed by atoms with Crippen molar-refractivity contribution >= 4 is 29.0 Å². The Bertz CT molecular complexity index is 771. The van der Waals surface area contributed by atoms with Crippen LogP contribution in [0.25, 0.3) is 0 Å². The number of nitrogens with zero attached hydrogens (tertiary/aromatic N) is 1. The Hall–Kier alpha value is -2.53.